The van der Waals surface area contributed by atoms with E-state index in [1.807, 2.05) is 30.3 Å². The van der Waals surface area contributed by atoms with Gasteiger partial charge in [-0.15, -0.1) is 0 Å². The fraction of sp³-hybridized carbons (Fsp3) is 0.150. The van der Waals surface area contributed by atoms with Gasteiger partial charge in [-0.1, -0.05) is 53.3 Å². The Bertz CT molecular complexity index is 967. The molecule has 2 aromatic carbocycles. The zero-order valence-corrected chi connectivity index (χ0v) is 15.3. The largest absolute Gasteiger partial charge is 0.298 e. The van der Waals surface area contributed by atoms with Crippen LogP contribution in [0.4, 0.5) is 5.13 Å². The van der Waals surface area contributed by atoms with Gasteiger partial charge in [0.1, 0.15) is 0 Å². The third kappa shape index (κ3) is 3.41. The first-order valence-electron chi connectivity index (χ1n) is 8.25. The standard InChI is InChI=1S/C20H15ClN2O2S/c21-15-8-6-13(7-9-15)19(25)23-20-22-16-10-14(11-17(24)18(16)26-20)12-4-2-1-3-5-12/h1-9,14H,10-11H2,(H,22,23,25). The molecule has 6 heteroatoms. The smallest absolute Gasteiger partial charge is 0.257 e. The van der Waals surface area contributed by atoms with E-state index in [1.54, 1.807) is 24.3 Å². The number of anilines is 1. The molecule has 1 atom stereocenters. The normalized spacial score (nSPS) is 16.2. The van der Waals surface area contributed by atoms with Crippen LogP contribution < -0.4 is 5.32 Å². The summed E-state index contributed by atoms with van der Waals surface area (Å²) in [6.07, 6.45) is 1.18. The van der Waals surface area contributed by atoms with Gasteiger partial charge in [-0.05, 0) is 42.2 Å². The van der Waals surface area contributed by atoms with Crippen molar-refractivity contribution in [2.75, 3.05) is 5.32 Å². The van der Waals surface area contributed by atoms with Gasteiger partial charge in [0.2, 0.25) is 0 Å². The average Bonchev–Trinajstić information content (AvgIpc) is 3.06. The van der Waals surface area contributed by atoms with Gasteiger partial charge in [0.05, 0.1) is 10.6 Å². The molecular weight excluding hydrogens is 368 g/mol. The molecule has 1 aliphatic carbocycles. The lowest BCUT2D eigenvalue weighted by Crippen LogP contribution is -2.17. The highest BCUT2D eigenvalue weighted by atomic mass is 35.5. The quantitative estimate of drug-likeness (QED) is 0.696. The van der Waals surface area contributed by atoms with Gasteiger partial charge < -0.3 is 0 Å². The monoisotopic (exact) mass is 382 g/mol. The van der Waals surface area contributed by atoms with Crippen molar-refractivity contribution < 1.29 is 9.59 Å². The van der Waals surface area contributed by atoms with Crippen LogP contribution in [0.5, 0.6) is 0 Å². The van der Waals surface area contributed by atoms with Crippen molar-refractivity contribution in [3.63, 3.8) is 0 Å². The maximum Gasteiger partial charge on any atom is 0.257 e. The highest BCUT2D eigenvalue weighted by molar-refractivity contribution is 7.17. The lowest BCUT2D eigenvalue weighted by atomic mass is 9.85. The van der Waals surface area contributed by atoms with Crippen LogP contribution in [0.2, 0.25) is 5.02 Å². The van der Waals surface area contributed by atoms with Crippen molar-refractivity contribution in [3.8, 4) is 0 Å². The topological polar surface area (TPSA) is 59.1 Å². The number of carbonyl (C=O) groups excluding carboxylic acids is 2. The van der Waals surface area contributed by atoms with Crippen LogP contribution in [0.1, 0.15) is 43.6 Å². The van der Waals surface area contributed by atoms with Gasteiger partial charge in [-0.25, -0.2) is 4.98 Å². The molecule has 1 unspecified atom stereocenters. The van der Waals surface area contributed by atoms with Crippen LogP contribution in [-0.2, 0) is 6.42 Å². The maximum atomic E-state index is 12.5. The van der Waals surface area contributed by atoms with Gasteiger partial charge >= 0.3 is 0 Å². The van der Waals surface area contributed by atoms with Crippen LogP contribution in [0.3, 0.4) is 0 Å². The minimum Gasteiger partial charge on any atom is -0.298 e. The lowest BCUT2D eigenvalue weighted by Gasteiger charge is -2.20. The summed E-state index contributed by atoms with van der Waals surface area (Å²) < 4.78 is 0. The Labute approximate surface area is 159 Å². The Morgan fingerprint density at radius 3 is 2.54 bits per heavy atom. The number of benzene rings is 2. The molecule has 0 fully saturated rings. The van der Waals surface area contributed by atoms with Crippen LogP contribution >= 0.6 is 22.9 Å². The van der Waals surface area contributed by atoms with Gasteiger partial charge in [-0.2, -0.15) is 0 Å². The van der Waals surface area contributed by atoms with E-state index in [1.165, 1.54) is 11.3 Å². The highest BCUT2D eigenvalue weighted by Gasteiger charge is 2.30. The molecule has 1 amide bonds. The van der Waals surface area contributed by atoms with E-state index in [-0.39, 0.29) is 17.6 Å². The van der Waals surface area contributed by atoms with Crippen molar-refractivity contribution in [1.29, 1.82) is 0 Å². The van der Waals surface area contributed by atoms with Crippen molar-refractivity contribution in [2.24, 2.45) is 0 Å². The van der Waals surface area contributed by atoms with Crippen LogP contribution in [0, 0.1) is 0 Å². The Morgan fingerprint density at radius 1 is 1.08 bits per heavy atom. The summed E-state index contributed by atoms with van der Waals surface area (Å²) in [5, 5.41) is 3.81. The van der Waals surface area contributed by atoms with Crippen molar-refractivity contribution in [1.82, 2.24) is 4.98 Å². The van der Waals surface area contributed by atoms with Gasteiger partial charge in [0, 0.05) is 17.0 Å². The zero-order valence-electron chi connectivity index (χ0n) is 13.7. The first kappa shape index (κ1) is 16.9. The summed E-state index contributed by atoms with van der Waals surface area (Å²) in [7, 11) is 0. The molecule has 3 aromatic rings. The molecule has 1 heterocycles. The number of rotatable bonds is 3. The molecule has 4 rings (SSSR count). The van der Waals surface area contributed by atoms with E-state index >= 15 is 0 Å². The molecule has 1 aliphatic rings. The fourth-order valence-corrected chi connectivity index (χ4v) is 4.18. The second kappa shape index (κ2) is 7.02. The lowest BCUT2D eigenvalue weighted by molar-refractivity contribution is 0.0967. The molecule has 1 aromatic heterocycles. The number of carbonyl (C=O) groups is 2. The Balaban J connectivity index is 1.54. The van der Waals surface area contributed by atoms with Crippen molar-refractivity contribution >= 4 is 39.8 Å². The molecule has 0 spiro atoms. The number of hydrogen-bond acceptors (Lipinski definition) is 4. The van der Waals surface area contributed by atoms with E-state index in [2.05, 4.69) is 10.3 Å². The van der Waals surface area contributed by atoms with Gasteiger partial charge in [-0.3, -0.25) is 14.9 Å². The van der Waals surface area contributed by atoms with E-state index in [9.17, 15) is 9.59 Å². The molecule has 0 saturated carbocycles. The number of amides is 1. The number of ketones is 1. The second-order valence-electron chi connectivity index (χ2n) is 6.19. The van der Waals surface area contributed by atoms with Crippen molar-refractivity contribution in [2.45, 2.75) is 18.8 Å². The Hall–Kier alpha value is -2.50. The number of halogens is 1. The highest BCUT2D eigenvalue weighted by Crippen LogP contribution is 2.36. The second-order valence-corrected chi connectivity index (χ2v) is 7.63. The molecule has 26 heavy (non-hydrogen) atoms. The number of thiazole rings is 1. The van der Waals surface area contributed by atoms with E-state index in [4.69, 9.17) is 11.6 Å². The van der Waals surface area contributed by atoms with E-state index < -0.39 is 0 Å². The molecule has 130 valence electrons. The predicted molar refractivity (Wildman–Crippen MR) is 103 cm³/mol. The van der Waals surface area contributed by atoms with Crippen molar-refractivity contribution in [3.05, 3.63) is 81.3 Å². The number of Topliss-reactive ketones (excluding diaryl/α,β-unsaturated/α-hetero) is 1. The summed E-state index contributed by atoms with van der Waals surface area (Å²) >= 11 is 7.09. The Morgan fingerprint density at radius 2 is 1.81 bits per heavy atom. The summed E-state index contributed by atoms with van der Waals surface area (Å²) in [5.74, 6) is -0.0393. The number of nitrogens with one attached hydrogen (secondary N) is 1. The van der Waals surface area contributed by atoms with Crippen LogP contribution in [0.15, 0.2) is 54.6 Å². The summed E-state index contributed by atoms with van der Waals surface area (Å²) in [4.78, 5) is 30.0. The molecule has 0 saturated heterocycles. The van der Waals surface area contributed by atoms with E-state index in [0.717, 1.165) is 11.3 Å². The SMILES string of the molecule is O=C(Nc1nc2c(s1)C(=O)CC(c1ccccc1)C2)c1ccc(Cl)cc1. The minimum atomic E-state index is -0.264. The minimum absolute atomic E-state index is 0.0876. The first-order valence-corrected chi connectivity index (χ1v) is 9.44. The molecule has 1 N–H and O–H groups in total. The fourth-order valence-electron chi connectivity index (χ4n) is 3.11. The maximum absolute atomic E-state index is 12.5. The molecular formula is C20H15ClN2O2S. The van der Waals surface area contributed by atoms with Crippen LogP contribution in [0.25, 0.3) is 0 Å². The molecule has 0 aliphatic heterocycles. The van der Waals surface area contributed by atoms with E-state index in [0.29, 0.717) is 33.4 Å². The summed E-state index contributed by atoms with van der Waals surface area (Å²) in [5.41, 5.74) is 2.41. The predicted octanol–water partition coefficient (Wildman–Crippen LogP) is 4.96. The summed E-state index contributed by atoms with van der Waals surface area (Å²) in [6.45, 7) is 0. The zero-order chi connectivity index (χ0) is 18.1. The van der Waals surface area contributed by atoms with Crippen LogP contribution in [-0.4, -0.2) is 16.7 Å². The molecule has 0 radical (unpaired) electrons. The number of aromatic nitrogens is 1. The summed E-state index contributed by atoms with van der Waals surface area (Å²) in [6, 6.07) is 16.6. The number of fused-ring (bicyclic) bond motifs is 1. The molecule has 0 bridgehead atoms. The first-order chi connectivity index (χ1) is 12.6. The Kier molecular flexibility index (Phi) is 4.57. The average molecular weight is 383 g/mol. The third-order valence-electron chi connectivity index (χ3n) is 4.42. The number of hydrogen-bond donors (Lipinski definition) is 1. The van der Waals surface area contributed by atoms with Gasteiger partial charge in [0.25, 0.3) is 5.91 Å². The number of nitrogens with zero attached hydrogens (tertiary/aromatic N) is 1. The van der Waals surface area contributed by atoms with Gasteiger partial charge in [0.15, 0.2) is 10.9 Å². The third-order valence-corrected chi connectivity index (χ3v) is 5.73. The molecule has 4 nitrogen and oxygen atoms in total.